The van der Waals surface area contributed by atoms with E-state index in [1.807, 2.05) is 12.1 Å². The molecule has 1 aromatic carbocycles. The lowest BCUT2D eigenvalue weighted by Gasteiger charge is -2.50. The van der Waals surface area contributed by atoms with E-state index in [9.17, 15) is 4.79 Å². The Kier molecular flexibility index (Phi) is 4.22. The van der Waals surface area contributed by atoms with E-state index in [1.54, 1.807) is 20.3 Å². The van der Waals surface area contributed by atoms with Gasteiger partial charge >= 0.3 is 0 Å². The monoisotopic (exact) mass is 306 g/mol. The first-order chi connectivity index (χ1) is 10.6. The number of methoxy groups -OCH3 is 2. The van der Waals surface area contributed by atoms with Crippen LogP contribution in [0.1, 0.15) is 0 Å². The molecule has 3 saturated heterocycles. The number of ether oxygens (including phenoxy) is 2. The van der Waals surface area contributed by atoms with E-state index in [1.165, 1.54) is 0 Å². The number of carbonyl (C=O) groups excluding carboxylic acids is 1. The van der Waals surface area contributed by atoms with Crippen LogP contribution in [-0.2, 0) is 4.79 Å². The van der Waals surface area contributed by atoms with Crippen LogP contribution in [0.5, 0.6) is 11.5 Å². The molecule has 3 heterocycles. The Balaban J connectivity index is 1.66. The van der Waals surface area contributed by atoms with Gasteiger partial charge in [0.15, 0.2) is 6.54 Å². The van der Waals surface area contributed by atoms with Crippen LogP contribution in [0.25, 0.3) is 0 Å². The molecule has 0 aliphatic carbocycles. The Labute approximate surface area is 131 Å². The SMILES string of the molecule is COc1ccc(NC(=O)C[N+]23CCN(CC2)CC3)c(OC)c1. The number of amides is 1. The number of rotatable bonds is 5. The first-order valence-corrected chi connectivity index (χ1v) is 7.73. The number of fused-ring (bicyclic) bond motifs is 3. The zero-order valence-electron chi connectivity index (χ0n) is 13.3. The van der Waals surface area contributed by atoms with Crippen LogP contribution in [0.3, 0.4) is 0 Å². The fourth-order valence-electron chi connectivity index (χ4n) is 3.36. The van der Waals surface area contributed by atoms with Crippen molar-refractivity contribution in [2.45, 2.75) is 0 Å². The highest BCUT2D eigenvalue weighted by atomic mass is 16.5. The second kappa shape index (κ2) is 6.14. The maximum absolute atomic E-state index is 12.5. The second-order valence-electron chi connectivity index (χ2n) is 6.13. The van der Waals surface area contributed by atoms with Crippen molar-refractivity contribution in [1.29, 1.82) is 0 Å². The zero-order valence-corrected chi connectivity index (χ0v) is 13.3. The molecule has 1 amide bonds. The van der Waals surface area contributed by atoms with Crippen molar-refractivity contribution >= 4 is 11.6 Å². The van der Waals surface area contributed by atoms with Gasteiger partial charge in [0, 0.05) is 25.7 Å². The number of nitrogens with zero attached hydrogens (tertiary/aromatic N) is 2. The summed E-state index contributed by atoms with van der Waals surface area (Å²) < 4.78 is 11.4. The predicted octanol–water partition coefficient (Wildman–Crippen LogP) is 0.788. The average Bonchev–Trinajstić information content (AvgIpc) is 2.56. The van der Waals surface area contributed by atoms with Gasteiger partial charge in [0.2, 0.25) is 0 Å². The van der Waals surface area contributed by atoms with Crippen molar-refractivity contribution in [3.8, 4) is 11.5 Å². The van der Waals surface area contributed by atoms with Gasteiger partial charge in [-0.3, -0.25) is 9.69 Å². The van der Waals surface area contributed by atoms with Gasteiger partial charge in [-0.1, -0.05) is 0 Å². The standard InChI is InChI=1S/C16H23N3O3/c1-21-13-3-4-14(15(11-13)22-2)17-16(20)12-19-8-5-18(6-9-19)7-10-19/h3-4,11H,5-10,12H2,1-2H3/p+1. The highest BCUT2D eigenvalue weighted by molar-refractivity contribution is 5.93. The molecular formula is C16H24N3O3+. The minimum atomic E-state index is 0.0545. The highest BCUT2D eigenvalue weighted by Gasteiger charge is 2.39. The number of carbonyl (C=O) groups is 1. The topological polar surface area (TPSA) is 50.8 Å². The Morgan fingerprint density at radius 1 is 1.18 bits per heavy atom. The Bertz CT molecular complexity index is 540. The van der Waals surface area contributed by atoms with Gasteiger partial charge in [0.05, 0.1) is 39.5 Å². The highest BCUT2D eigenvalue weighted by Crippen LogP contribution is 2.29. The predicted molar refractivity (Wildman–Crippen MR) is 84.3 cm³/mol. The average molecular weight is 306 g/mol. The number of piperazine rings is 3. The van der Waals surface area contributed by atoms with Gasteiger partial charge in [0.25, 0.3) is 5.91 Å². The van der Waals surface area contributed by atoms with Crippen LogP contribution >= 0.6 is 0 Å². The van der Waals surface area contributed by atoms with Crippen molar-refractivity contribution in [3.63, 3.8) is 0 Å². The van der Waals surface area contributed by atoms with Crippen LogP contribution < -0.4 is 14.8 Å². The van der Waals surface area contributed by atoms with Crippen LogP contribution in [0.2, 0.25) is 0 Å². The fourth-order valence-corrected chi connectivity index (χ4v) is 3.36. The number of anilines is 1. The third kappa shape index (κ3) is 3.03. The minimum absolute atomic E-state index is 0.0545. The molecule has 0 unspecified atom stereocenters. The van der Waals surface area contributed by atoms with Gasteiger partial charge in [-0.05, 0) is 12.1 Å². The van der Waals surface area contributed by atoms with Crippen molar-refractivity contribution in [1.82, 2.24) is 4.90 Å². The summed E-state index contributed by atoms with van der Waals surface area (Å²) in [5, 5.41) is 2.99. The molecular weight excluding hydrogens is 282 g/mol. The quantitative estimate of drug-likeness (QED) is 0.817. The molecule has 0 radical (unpaired) electrons. The molecule has 6 heteroatoms. The lowest BCUT2D eigenvalue weighted by molar-refractivity contribution is -0.933. The molecule has 3 fully saturated rings. The summed E-state index contributed by atoms with van der Waals surface area (Å²) in [6.07, 6.45) is 0. The molecule has 0 spiro atoms. The molecule has 4 rings (SSSR count). The normalized spacial score (nSPS) is 26.5. The van der Waals surface area contributed by atoms with Crippen molar-refractivity contribution in [3.05, 3.63) is 18.2 Å². The maximum atomic E-state index is 12.5. The van der Waals surface area contributed by atoms with E-state index >= 15 is 0 Å². The minimum Gasteiger partial charge on any atom is -0.497 e. The van der Waals surface area contributed by atoms with Crippen molar-refractivity contribution in [2.24, 2.45) is 0 Å². The summed E-state index contributed by atoms with van der Waals surface area (Å²) in [5.41, 5.74) is 0.696. The number of hydrogen-bond acceptors (Lipinski definition) is 4. The number of benzene rings is 1. The van der Waals surface area contributed by atoms with Gasteiger partial charge in [0.1, 0.15) is 11.5 Å². The van der Waals surface area contributed by atoms with Gasteiger partial charge < -0.3 is 19.3 Å². The molecule has 22 heavy (non-hydrogen) atoms. The van der Waals surface area contributed by atoms with Crippen molar-refractivity contribution < 1.29 is 18.8 Å². The fraction of sp³-hybridized carbons (Fsp3) is 0.562. The largest absolute Gasteiger partial charge is 0.497 e. The van der Waals surface area contributed by atoms with E-state index in [4.69, 9.17) is 9.47 Å². The van der Waals surface area contributed by atoms with Crippen LogP contribution in [-0.4, -0.2) is 75.3 Å². The third-order valence-corrected chi connectivity index (χ3v) is 4.83. The Morgan fingerprint density at radius 2 is 1.86 bits per heavy atom. The molecule has 0 saturated carbocycles. The number of nitrogens with one attached hydrogen (secondary N) is 1. The smallest absolute Gasteiger partial charge is 0.279 e. The Hall–Kier alpha value is -1.79. The third-order valence-electron chi connectivity index (χ3n) is 4.83. The number of hydrogen-bond donors (Lipinski definition) is 1. The molecule has 1 aromatic rings. The molecule has 120 valence electrons. The molecule has 6 nitrogen and oxygen atoms in total. The summed E-state index contributed by atoms with van der Waals surface area (Å²) in [4.78, 5) is 14.9. The number of quaternary nitrogens is 1. The summed E-state index contributed by atoms with van der Waals surface area (Å²) in [7, 11) is 3.20. The Morgan fingerprint density at radius 3 is 2.45 bits per heavy atom. The molecule has 1 N–H and O–H groups in total. The molecule has 0 aromatic heterocycles. The maximum Gasteiger partial charge on any atom is 0.279 e. The molecule has 0 atom stereocenters. The summed E-state index contributed by atoms with van der Waals surface area (Å²) in [5.74, 6) is 1.39. The summed E-state index contributed by atoms with van der Waals surface area (Å²) in [6, 6.07) is 5.43. The van der Waals surface area contributed by atoms with Crippen molar-refractivity contribution in [2.75, 3.05) is 65.3 Å². The van der Waals surface area contributed by atoms with Gasteiger partial charge in [-0.2, -0.15) is 0 Å². The summed E-state index contributed by atoms with van der Waals surface area (Å²) in [6.45, 7) is 7.11. The van der Waals surface area contributed by atoms with E-state index in [2.05, 4.69) is 10.2 Å². The first-order valence-electron chi connectivity index (χ1n) is 7.73. The van der Waals surface area contributed by atoms with Crippen LogP contribution in [0.4, 0.5) is 5.69 Å². The summed E-state index contributed by atoms with van der Waals surface area (Å²) >= 11 is 0. The lowest BCUT2D eigenvalue weighted by atomic mass is 10.1. The molecule has 2 bridgehead atoms. The second-order valence-corrected chi connectivity index (χ2v) is 6.13. The van der Waals surface area contributed by atoms with E-state index in [-0.39, 0.29) is 5.91 Å². The van der Waals surface area contributed by atoms with Gasteiger partial charge in [-0.25, -0.2) is 0 Å². The van der Waals surface area contributed by atoms with E-state index < -0.39 is 0 Å². The zero-order chi connectivity index (χ0) is 15.6. The van der Waals surface area contributed by atoms with E-state index in [0.717, 1.165) is 43.8 Å². The van der Waals surface area contributed by atoms with Crippen LogP contribution in [0, 0.1) is 0 Å². The van der Waals surface area contributed by atoms with Crippen LogP contribution in [0.15, 0.2) is 18.2 Å². The van der Waals surface area contributed by atoms with Gasteiger partial charge in [-0.15, -0.1) is 0 Å². The lowest BCUT2D eigenvalue weighted by Crippen LogP contribution is -2.68. The molecule has 3 aliphatic rings. The van der Waals surface area contributed by atoms with E-state index in [0.29, 0.717) is 23.7 Å². The first kappa shape index (κ1) is 15.1. The molecule has 3 aliphatic heterocycles.